The van der Waals surface area contributed by atoms with Crippen molar-refractivity contribution < 1.29 is 5.11 Å². The van der Waals surface area contributed by atoms with E-state index in [1.165, 1.54) is 5.56 Å². The van der Waals surface area contributed by atoms with E-state index in [1.807, 2.05) is 43.3 Å². The van der Waals surface area contributed by atoms with Gasteiger partial charge < -0.3 is 5.11 Å². The Hall–Kier alpha value is -1.76. The molecule has 0 unspecified atom stereocenters. The molecule has 1 N–H and O–H groups in total. The van der Waals surface area contributed by atoms with Crippen LogP contribution >= 0.6 is 0 Å². The number of phenols is 1. The summed E-state index contributed by atoms with van der Waals surface area (Å²) in [6.45, 7) is 3.97. The molecule has 0 heterocycles. The van der Waals surface area contributed by atoms with Crippen LogP contribution in [0.15, 0.2) is 42.5 Å². The second kappa shape index (κ2) is 3.77. The van der Waals surface area contributed by atoms with Crippen LogP contribution in [-0.2, 0) is 0 Å². The van der Waals surface area contributed by atoms with Crippen LogP contribution in [0, 0.1) is 13.8 Å². The summed E-state index contributed by atoms with van der Waals surface area (Å²) in [5.74, 6) is 0.381. The van der Waals surface area contributed by atoms with Crippen LogP contribution in [0.25, 0.3) is 11.1 Å². The Morgan fingerprint density at radius 1 is 0.733 bits per heavy atom. The first kappa shape index (κ1) is 9.78. The molecular formula is C14H14O. The Kier molecular flexibility index (Phi) is 2.46. The Morgan fingerprint density at radius 2 is 1.33 bits per heavy atom. The zero-order valence-corrected chi connectivity index (χ0v) is 8.99. The molecule has 2 aromatic rings. The van der Waals surface area contributed by atoms with Gasteiger partial charge in [-0.15, -0.1) is 0 Å². The summed E-state index contributed by atoms with van der Waals surface area (Å²) < 4.78 is 0. The molecule has 0 radical (unpaired) electrons. The third-order valence-corrected chi connectivity index (χ3v) is 2.67. The molecule has 0 amide bonds. The van der Waals surface area contributed by atoms with Crippen molar-refractivity contribution in [2.45, 2.75) is 13.8 Å². The number of para-hydroxylation sites is 1. The average molecular weight is 198 g/mol. The van der Waals surface area contributed by atoms with Crippen molar-refractivity contribution in [2.75, 3.05) is 0 Å². The third-order valence-electron chi connectivity index (χ3n) is 2.67. The van der Waals surface area contributed by atoms with Gasteiger partial charge in [-0.3, -0.25) is 0 Å². The van der Waals surface area contributed by atoms with Gasteiger partial charge in [0.25, 0.3) is 0 Å². The van der Waals surface area contributed by atoms with E-state index in [1.54, 1.807) is 0 Å². The lowest BCUT2D eigenvalue weighted by Crippen LogP contribution is -1.85. The summed E-state index contributed by atoms with van der Waals surface area (Å²) in [5.41, 5.74) is 4.10. The molecule has 0 saturated heterocycles. The van der Waals surface area contributed by atoms with Gasteiger partial charge in [-0.2, -0.15) is 0 Å². The first-order valence-corrected chi connectivity index (χ1v) is 5.04. The van der Waals surface area contributed by atoms with Gasteiger partial charge in [-0.05, 0) is 30.5 Å². The zero-order valence-electron chi connectivity index (χ0n) is 8.99. The standard InChI is InChI=1S/C14H14O/c1-10-6-3-4-8-12(10)13-9-5-7-11(2)14(13)15/h3-9,15H,1-2H3. The van der Waals surface area contributed by atoms with E-state index in [2.05, 4.69) is 13.0 Å². The van der Waals surface area contributed by atoms with Crippen LogP contribution in [0.1, 0.15) is 11.1 Å². The fraction of sp³-hybridized carbons (Fsp3) is 0.143. The van der Waals surface area contributed by atoms with E-state index < -0.39 is 0 Å². The van der Waals surface area contributed by atoms with Crippen LogP contribution in [-0.4, -0.2) is 5.11 Å². The second-order valence-corrected chi connectivity index (χ2v) is 3.79. The molecule has 1 heteroatoms. The molecule has 0 aromatic heterocycles. The van der Waals surface area contributed by atoms with Gasteiger partial charge in [0, 0.05) is 5.56 Å². The Balaban J connectivity index is 2.65. The third kappa shape index (κ3) is 1.73. The molecule has 76 valence electrons. The molecule has 2 rings (SSSR count). The highest BCUT2D eigenvalue weighted by Gasteiger charge is 2.07. The SMILES string of the molecule is Cc1ccccc1-c1cccc(C)c1O. The highest BCUT2D eigenvalue weighted by Crippen LogP contribution is 2.33. The molecule has 0 aliphatic carbocycles. The number of benzene rings is 2. The number of aromatic hydroxyl groups is 1. The van der Waals surface area contributed by atoms with E-state index in [0.29, 0.717) is 5.75 Å². The fourth-order valence-corrected chi connectivity index (χ4v) is 1.75. The van der Waals surface area contributed by atoms with Crippen molar-refractivity contribution in [3.63, 3.8) is 0 Å². The smallest absolute Gasteiger partial charge is 0.126 e. The Bertz CT molecular complexity index is 486. The average Bonchev–Trinajstić information content (AvgIpc) is 2.23. The van der Waals surface area contributed by atoms with Crippen molar-refractivity contribution in [1.82, 2.24) is 0 Å². The molecule has 0 atom stereocenters. The van der Waals surface area contributed by atoms with Crippen LogP contribution in [0.4, 0.5) is 0 Å². The van der Waals surface area contributed by atoms with Gasteiger partial charge in [0.15, 0.2) is 0 Å². The maximum absolute atomic E-state index is 9.98. The Morgan fingerprint density at radius 3 is 2.07 bits per heavy atom. The molecule has 0 aliphatic rings. The van der Waals surface area contributed by atoms with E-state index in [4.69, 9.17) is 0 Å². The largest absolute Gasteiger partial charge is 0.507 e. The molecule has 0 spiro atoms. The molecule has 1 nitrogen and oxygen atoms in total. The van der Waals surface area contributed by atoms with Crippen LogP contribution < -0.4 is 0 Å². The summed E-state index contributed by atoms with van der Waals surface area (Å²) in [6, 6.07) is 13.9. The maximum Gasteiger partial charge on any atom is 0.126 e. The van der Waals surface area contributed by atoms with Gasteiger partial charge in [-0.1, -0.05) is 42.5 Å². The highest BCUT2D eigenvalue weighted by atomic mass is 16.3. The summed E-state index contributed by atoms with van der Waals surface area (Å²) in [5, 5.41) is 9.98. The molecule has 0 bridgehead atoms. The van der Waals surface area contributed by atoms with Gasteiger partial charge >= 0.3 is 0 Å². The van der Waals surface area contributed by atoms with Crippen molar-refractivity contribution in [1.29, 1.82) is 0 Å². The normalized spacial score (nSPS) is 10.3. The lowest BCUT2D eigenvalue weighted by Gasteiger charge is -2.09. The van der Waals surface area contributed by atoms with Crippen molar-refractivity contribution in [3.05, 3.63) is 53.6 Å². The molecule has 0 fully saturated rings. The minimum Gasteiger partial charge on any atom is -0.507 e. The molecule has 0 saturated carbocycles. The number of phenolic OH excluding ortho intramolecular Hbond substituents is 1. The second-order valence-electron chi connectivity index (χ2n) is 3.79. The van der Waals surface area contributed by atoms with Crippen molar-refractivity contribution in [3.8, 4) is 16.9 Å². The van der Waals surface area contributed by atoms with E-state index in [0.717, 1.165) is 16.7 Å². The molecule has 15 heavy (non-hydrogen) atoms. The van der Waals surface area contributed by atoms with E-state index >= 15 is 0 Å². The van der Waals surface area contributed by atoms with Gasteiger partial charge in [0.2, 0.25) is 0 Å². The van der Waals surface area contributed by atoms with Crippen molar-refractivity contribution in [2.24, 2.45) is 0 Å². The summed E-state index contributed by atoms with van der Waals surface area (Å²) >= 11 is 0. The fourth-order valence-electron chi connectivity index (χ4n) is 1.75. The zero-order chi connectivity index (χ0) is 10.8. The summed E-state index contributed by atoms with van der Waals surface area (Å²) in [6.07, 6.45) is 0. The molecule has 2 aromatic carbocycles. The number of hydrogen-bond acceptors (Lipinski definition) is 1. The predicted molar refractivity (Wildman–Crippen MR) is 63.0 cm³/mol. The first-order valence-electron chi connectivity index (χ1n) is 5.04. The monoisotopic (exact) mass is 198 g/mol. The first-order chi connectivity index (χ1) is 7.20. The lowest BCUT2D eigenvalue weighted by atomic mass is 9.98. The highest BCUT2D eigenvalue weighted by molar-refractivity contribution is 5.74. The number of rotatable bonds is 1. The lowest BCUT2D eigenvalue weighted by molar-refractivity contribution is 0.473. The summed E-state index contributed by atoms with van der Waals surface area (Å²) in [4.78, 5) is 0. The van der Waals surface area contributed by atoms with Crippen LogP contribution in [0.5, 0.6) is 5.75 Å². The van der Waals surface area contributed by atoms with Gasteiger partial charge in [-0.25, -0.2) is 0 Å². The van der Waals surface area contributed by atoms with Crippen molar-refractivity contribution >= 4 is 0 Å². The summed E-state index contributed by atoms with van der Waals surface area (Å²) in [7, 11) is 0. The minimum absolute atomic E-state index is 0.381. The predicted octanol–water partition coefficient (Wildman–Crippen LogP) is 3.68. The maximum atomic E-state index is 9.98. The van der Waals surface area contributed by atoms with E-state index in [9.17, 15) is 5.11 Å². The number of hydrogen-bond donors (Lipinski definition) is 1. The van der Waals surface area contributed by atoms with Gasteiger partial charge in [0.05, 0.1) is 0 Å². The van der Waals surface area contributed by atoms with Gasteiger partial charge in [0.1, 0.15) is 5.75 Å². The topological polar surface area (TPSA) is 20.2 Å². The van der Waals surface area contributed by atoms with E-state index in [-0.39, 0.29) is 0 Å². The minimum atomic E-state index is 0.381. The van der Waals surface area contributed by atoms with Crippen LogP contribution in [0.2, 0.25) is 0 Å². The molecular weight excluding hydrogens is 184 g/mol. The quantitative estimate of drug-likeness (QED) is 0.741. The molecule has 0 aliphatic heterocycles. The van der Waals surface area contributed by atoms with Crippen LogP contribution in [0.3, 0.4) is 0 Å². The Labute approximate surface area is 90.0 Å². The number of aryl methyl sites for hydroxylation is 2.